The van der Waals surface area contributed by atoms with Crippen LogP contribution in [0, 0.1) is 0 Å². The molecule has 2 N–H and O–H groups in total. The summed E-state index contributed by atoms with van der Waals surface area (Å²) < 4.78 is 0. The van der Waals surface area contributed by atoms with Crippen LogP contribution in [-0.2, 0) is 0 Å². The van der Waals surface area contributed by atoms with Crippen molar-refractivity contribution in [1.82, 2.24) is 0 Å². The van der Waals surface area contributed by atoms with Crippen LogP contribution in [-0.4, -0.2) is 31.6 Å². The highest BCUT2D eigenvalue weighted by molar-refractivity contribution is 6.00. The number of nitrogens with one attached hydrogen (secondary N) is 1. The smallest absolute Gasteiger partial charge is 0.0923 e. The predicted molar refractivity (Wildman–Crippen MR) is 57.1 cm³/mol. The van der Waals surface area contributed by atoms with Crippen molar-refractivity contribution < 1.29 is 22.5 Å². The van der Waals surface area contributed by atoms with E-state index in [1.54, 1.807) is 0 Å². The maximum atomic E-state index is 8.87. The minimum absolute atomic E-state index is 0. The summed E-state index contributed by atoms with van der Waals surface area (Å²) in [5, 5.41) is 12.2. The van der Waals surface area contributed by atoms with Gasteiger partial charge in [0.15, 0.2) is 0 Å². The monoisotopic (exact) mass is 228 g/mol. The van der Waals surface area contributed by atoms with Crippen molar-refractivity contribution in [3.05, 3.63) is 35.9 Å². The van der Waals surface area contributed by atoms with Crippen LogP contribution in [0.15, 0.2) is 35.5 Å². The SMILES string of the molecule is C[NH+](C)CC/C(=N\O)c1ccccc1.[Cl-]. The zero-order valence-electron chi connectivity index (χ0n) is 9.07. The van der Waals surface area contributed by atoms with Gasteiger partial charge in [0.05, 0.1) is 26.4 Å². The van der Waals surface area contributed by atoms with Crippen LogP contribution >= 0.6 is 0 Å². The number of quaternary nitrogens is 1. The van der Waals surface area contributed by atoms with Crippen LogP contribution in [0.3, 0.4) is 0 Å². The van der Waals surface area contributed by atoms with E-state index in [1.165, 1.54) is 4.90 Å². The van der Waals surface area contributed by atoms with Gasteiger partial charge in [-0.25, -0.2) is 0 Å². The van der Waals surface area contributed by atoms with Crippen LogP contribution in [0.2, 0.25) is 0 Å². The van der Waals surface area contributed by atoms with Crippen molar-refractivity contribution in [1.29, 1.82) is 0 Å². The van der Waals surface area contributed by atoms with Gasteiger partial charge in [0.2, 0.25) is 0 Å². The lowest BCUT2D eigenvalue weighted by Crippen LogP contribution is -3.05. The van der Waals surface area contributed by atoms with Gasteiger partial charge in [-0.2, -0.15) is 0 Å². The second kappa shape index (κ2) is 7.26. The van der Waals surface area contributed by atoms with Crippen LogP contribution < -0.4 is 17.3 Å². The molecular weight excluding hydrogens is 212 g/mol. The van der Waals surface area contributed by atoms with Crippen molar-refractivity contribution in [2.75, 3.05) is 20.6 Å². The summed E-state index contributed by atoms with van der Waals surface area (Å²) in [5.41, 5.74) is 1.75. The first-order chi connectivity index (χ1) is 6.74. The molecule has 0 aromatic heterocycles. The van der Waals surface area contributed by atoms with E-state index in [2.05, 4.69) is 19.3 Å². The molecule has 0 amide bonds. The van der Waals surface area contributed by atoms with Crippen LogP contribution in [0.1, 0.15) is 12.0 Å². The molecule has 0 unspecified atom stereocenters. The molecule has 0 aliphatic rings. The molecule has 0 heterocycles. The molecule has 0 aliphatic heterocycles. The van der Waals surface area contributed by atoms with Gasteiger partial charge in [0, 0.05) is 6.42 Å². The Bertz CT molecular complexity index is 299. The maximum absolute atomic E-state index is 8.87. The molecule has 3 nitrogen and oxygen atoms in total. The molecule has 4 heteroatoms. The number of oxime groups is 1. The average molecular weight is 229 g/mol. The van der Waals surface area contributed by atoms with E-state index in [0.29, 0.717) is 0 Å². The second-order valence-corrected chi connectivity index (χ2v) is 3.62. The largest absolute Gasteiger partial charge is 1.00 e. The molecule has 0 spiro atoms. The number of halogens is 1. The number of benzene rings is 1. The zero-order valence-corrected chi connectivity index (χ0v) is 9.83. The first-order valence-electron chi connectivity index (χ1n) is 4.79. The minimum Gasteiger partial charge on any atom is -1.00 e. The minimum atomic E-state index is 0. The van der Waals surface area contributed by atoms with Crippen molar-refractivity contribution >= 4 is 5.71 Å². The summed E-state index contributed by atoms with van der Waals surface area (Å²) >= 11 is 0. The quantitative estimate of drug-likeness (QED) is 0.331. The first-order valence-corrected chi connectivity index (χ1v) is 4.79. The van der Waals surface area contributed by atoms with E-state index in [4.69, 9.17) is 5.21 Å². The van der Waals surface area contributed by atoms with E-state index in [9.17, 15) is 0 Å². The molecule has 1 aromatic carbocycles. The van der Waals surface area contributed by atoms with Crippen molar-refractivity contribution in [3.8, 4) is 0 Å². The van der Waals surface area contributed by atoms with Crippen LogP contribution in [0.5, 0.6) is 0 Å². The molecular formula is C11H17ClN2O. The fraction of sp³-hybridized carbons (Fsp3) is 0.364. The normalized spacial score (nSPS) is 11.3. The second-order valence-electron chi connectivity index (χ2n) is 3.62. The molecule has 0 bridgehead atoms. The zero-order chi connectivity index (χ0) is 10.4. The van der Waals surface area contributed by atoms with Crippen LogP contribution in [0.4, 0.5) is 0 Å². The third-order valence-electron chi connectivity index (χ3n) is 2.09. The maximum Gasteiger partial charge on any atom is 0.0923 e. The number of nitrogens with zero attached hydrogens (tertiary/aromatic N) is 1. The summed E-state index contributed by atoms with van der Waals surface area (Å²) in [6.45, 7) is 0.967. The molecule has 15 heavy (non-hydrogen) atoms. The molecule has 1 aromatic rings. The van der Waals surface area contributed by atoms with Gasteiger partial charge < -0.3 is 22.5 Å². The Morgan fingerprint density at radius 3 is 2.33 bits per heavy atom. The lowest BCUT2D eigenvalue weighted by molar-refractivity contribution is -0.857. The summed E-state index contributed by atoms with van der Waals surface area (Å²) in [4.78, 5) is 1.35. The molecule has 0 fully saturated rings. The Morgan fingerprint density at radius 1 is 1.27 bits per heavy atom. The fourth-order valence-corrected chi connectivity index (χ4v) is 1.25. The van der Waals surface area contributed by atoms with Crippen molar-refractivity contribution in [3.63, 3.8) is 0 Å². The van der Waals surface area contributed by atoms with E-state index >= 15 is 0 Å². The third-order valence-corrected chi connectivity index (χ3v) is 2.09. The summed E-state index contributed by atoms with van der Waals surface area (Å²) in [7, 11) is 4.17. The molecule has 0 saturated carbocycles. The van der Waals surface area contributed by atoms with E-state index in [0.717, 1.165) is 24.2 Å². The highest BCUT2D eigenvalue weighted by Crippen LogP contribution is 2.02. The third kappa shape index (κ3) is 4.81. The molecule has 0 saturated heterocycles. The van der Waals surface area contributed by atoms with E-state index < -0.39 is 0 Å². The Balaban J connectivity index is 0.00000196. The fourth-order valence-electron chi connectivity index (χ4n) is 1.25. The number of hydrogen-bond acceptors (Lipinski definition) is 2. The van der Waals surface area contributed by atoms with E-state index in [1.807, 2.05) is 30.3 Å². The van der Waals surface area contributed by atoms with Gasteiger partial charge in [-0.15, -0.1) is 0 Å². The molecule has 0 radical (unpaired) electrons. The average Bonchev–Trinajstić information content (AvgIpc) is 2.20. The van der Waals surface area contributed by atoms with Gasteiger partial charge in [-0.3, -0.25) is 0 Å². The Morgan fingerprint density at radius 2 is 1.87 bits per heavy atom. The van der Waals surface area contributed by atoms with Crippen molar-refractivity contribution in [2.45, 2.75) is 6.42 Å². The lowest BCUT2D eigenvalue weighted by atomic mass is 10.1. The molecule has 1 rings (SSSR count). The Hall–Kier alpha value is -1.06. The van der Waals surface area contributed by atoms with Gasteiger partial charge in [-0.05, 0) is 5.56 Å². The van der Waals surface area contributed by atoms with Gasteiger partial charge >= 0.3 is 0 Å². The Kier molecular flexibility index (Phi) is 6.75. The lowest BCUT2D eigenvalue weighted by Gasteiger charge is -2.07. The molecule has 0 atom stereocenters. The van der Waals surface area contributed by atoms with Crippen molar-refractivity contribution in [2.24, 2.45) is 5.16 Å². The summed E-state index contributed by atoms with van der Waals surface area (Å²) in [6, 6.07) is 9.77. The molecule has 84 valence electrons. The first kappa shape index (κ1) is 13.9. The summed E-state index contributed by atoms with van der Waals surface area (Å²) in [6.07, 6.45) is 0.794. The number of rotatable bonds is 4. The van der Waals surface area contributed by atoms with Gasteiger partial charge in [-0.1, -0.05) is 35.5 Å². The predicted octanol–water partition coefficient (Wildman–Crippen LogP) is -2.60. The van der Waals surface area contributed by atoms with Crippen LogP contribution in [0.25, 0.3) is 0 Å². The van der Waals surface area contributed by atoms with E-state index in [-0.39, 0.29) is 12.4 Å². The molecule has 0 aliphatic carbocycles. The summed E-state index contributed by atoms with van der Waals surface area (Å²) in [5.74, 6) is 0. The number of hydrogen-bond donors (Lipinski definition) is 2. The topological polar surface area (TPSA) is 37.0 Å². The van der Waals surface area contributed by atoms with Gasteiger partial charge in [0.1, 0.15) is 0 Å². The highest BCUT2D eigenvalue weighted by atomic mass is 35.5. The van der Waals surface area contributed by atoms with Gasteiger partial charge in [0.25, 0.3) is 0 Å². The Labute approximate surface area is 96.8 Å². The standard InChI is InChI=1S/C11H16N2O.ClH/c1-13(2)9-8-11(12-14)10-6-4-3-5-7-10;/h3-7,14H,8-9H2,1-2H3;1H/b12-11+;. The highest BCUT2D eigenvalue weighted by Gasteiger charge is 2.05.